The van der Waals surface area contributed by atoms with Crippen molar-refractivity contribution in [1.29, 1.82) is 0 Å². The summed E-state index contributed by atoms with van der Waals surface area (Å²) in [5.74, 6) is -1.95. The van der Waals surface area contributed by atoms with E-state index in [2.05, 4.69) is 25.3 Å². The molecule has 1 heterocycles. The molecular weight excluding hydrogens is 552 g/mol. The van der Waals surface area contributed by atoms with Crippen molar-refractivity contribution in [2.45, 2.75) is 21.5 Å². The van der Waals surface area contributed by atoms with Crippen LogP contribution < -0.4 is 15.4 Å². The van der Waals surface area contributed by atoms with Gasteiger partial charge in [0.15, 0.2) is 0 Å². The van der Waals surface area contributed by atoms with Crippen molar-refractivity contribution >= 4 is 50.8 Å². The molecule has 0 amide bonds. The predicted octanol–water partition coefficient (Wildman–Crippen LogP) is 5.12. The topological polar surface area (TPSA) is 133 Å². The van der Waals surface area contributed by atoms with Gasteiger partial charge in [-0.3, -0.25) is 0 Å². The van der Waals surface area contributed by atoms with Crippen molar-refractivity contribution in [2.75, 3.05) is 17.7 Å². The zero-order chi connectivity index (χ0) is 27.9. The Morgan fingerprint density at radius 2 is 1.43 bits per heavy atom. The molecule has 17 heteroatoms. The lowest BCUT2D eigenvalue weighted by molar-refractivity contribution is -0.192. The molecule has 0 spiro atoms. The van der Waals surface area contributed by atoms with Crippen LogP contribution in [0.3, 0.4) is 0 Å². The highest BCUT2D eigenvalue weighted by Crippen LogP contribution is 2.37. The second kappa shape index (κ2) is 12.1. The summed E-state index contributed by atoms with van der Waals surface area (Å²) in [6, 6.07) is 13.5. The first-order valence-electron chi connectivity index (χ1n) is 9.65. The quantitative estimate of drug-likeness (QED) is 0.226. The molecule has 9 nitrogen and oxygen atoms in total. The van der Waals surface area contributed by atoms with Gasteiger partial charge in [0.25, 0.3) is 0 Å². The third-order valence-corrected chi connectivity index (χ3v) is 6.11. The van der Waals surface area contributed by atoms with Crippen LogP contribution in [0.15, 0.2) is 70.7 Å². The van der Waals surface area contributed by atoms with Gasteiger partial charge in [0.05, 0.1) is 4.90 Å². The second-order valence-corrected chi connectivity index (χ2v) is 9.67. The number of sulfonamides is 1. The average molecular weight is 570 g/mol. The largest absolute Gasteiger partial charge is 0.490 e. The van der Waals surface area contributed by atoms with Gasteiger partial charge in [0, 0.05) is 22.3 Å². The van der Waals surface area contributed by atoms with Gasteiger partial charge in [-0.05, 0) is 61.3 Å². The van der Waals surface area contributed by atoms with Gasteiger partial charge < -0.3 is 15.7 Å². The maximum absolute atomic E-state index is 12.4. The molecule has 0 radical (unpaired) electrons. The third kappa shape index (κ3) is 10.1. The number of hydrogen-bond acceptors (Lipinski definition) is 8. The monoisotopic (exact) mass is 569 g/mol. The number of hydrogen-bond donors (Lipinski definition) is 4. The second-order valence-electron chi connectivity index (χ2n) is 6.65. The first-order chi connectivity index (χ1) is 17.1. The zero-order valence-corrected chi connectivity index (χ0v) is 20.1. The Morgan fingerprint density at radius 3 is 1.92 bits per heavy atom. The van der Waals surface area contributed by atoms with Gasteiger partial charge in [0.2, 0.25) is 10.0 Å². The number of benzene rings is 2. The molecule has 0 fully saturated rings. The van der Waals surface area contributed by atoms with E-state index in [0.29, 0.717) is 23.0 Å². The van der Waals surface area contributed by atoms with E-state index in [4.69, 9.17) is 9.90 Å². The molecule has 2 aromatic carbocycles. The van der Waals surface area contributed by atoms with E-state index in [-0.39, 0.29) is 21.6 Å². The number of aliphatic carboxylic acids is 1. The van der Waals surface area contributed by atoms with Gasteiger partial charge in [-0.15, -0.1) is 0 Å². The number of carbonyl (C=O) groups is 1. The molecule has 200 valence electrons. The minimum Gasteiger partial charge on any atom is -0.475 e. The van der Waals surface area contributed by atoms with E-state index in [1.54, 1.807) is 18.2 Å². The minimum atomic E-state index is -5.08. The standard InChI is InChI=1S/C18H16F3N5O2S2.C2HF3O2/c1-22-30(27,28)15-4-2-3-13(9-15)26-17-10-16(23-11-24-17)25-12-5-7-14(8-6-12)29-18(19,20)21;3-2(4,5)1(6)7/h2-11,22H,1H3,(H2,23,24,25,26);(H,6,7). The summed E-state index contributed by atoms with van der Waals surface area (Å²) in [6.45, 7) is 0. The van der Waals surface area contributed by atoms with Crippen molar-refractivity contribution < 1.29 is 44.7 Å². The number of rotatable bonds is 7. The molecule has 0 saturated heterocycles. The van der Waals surface area contributed by atoms with E-state index < -0.39 is 27.7 Å². The van der Waals surface area contributed by atoms with Crippen molar-refractivity contribution in [3.8, 4) is 0 Å². The highest BCUT2D eigenvalue weighted by molar-refractivity contribution is 8.00. The number of alkyl halides is 6. The maximum atomic E-state index is 12.4. The van der Waals surface area contributed by atoms with Gasteiger partial charge in [-0.25, -0.2) is 27.9 Å². The van der Waals surface area contributed by atoms with Crippen molar-refractivity contribution in [2.24, 2.45) is 0 Å². The number of thioether (sulfide) groups is 1. The van der Waals surface area contributed by atoms with Crippen LogP contribution in [0.4, 0.5) is 49.4 Å². The van der Waals surface area contributed by atoms with Crippen molar-refractivity contribution in [3.05, 3.63) is 60.9 Å². The Morgan fingerprint density at radius 1 is 0.892 bits per heavy atom. The number of anilines is 4. The van der Waals surface area contributed by atoms with E-state index >= 15 is 0 Å². The van der Waals surface area contributed by atoms with Crippen molar-refractivity contribution in [1.82, 2.24) is 14.7 Å². The normalized spacial score (nSPS) is 11.8. The van der Waals surface area contributed by atoms with E-state index in [9.17, 15) is 34.8 Å². The lowest BCUT2D eigenvalue weighted by Crippen LogP contribution is -2.21. The Labute approximate surface area is 210 Å². The van der Waals surface area contributed by atoms with Gasteiger partial charge in [-0.1, -0.05) is 6.07 Å². The zero-order valence-electron chi connectivity index (χ0n) is 18.4. The van der Waals surface area contributed by atoms with Crippen molar-refractivity contribution in [3.63, 3.8) is 0 Å². The van der Waals surface area contributed by atoms with E-state index in [1.807, 2.05) is 0 Å². The number of carboxylic acid groups (broad SMARTS) is 1. The van der Waals surface area contributed by atoms with Crippen LogP contribution in [0.25, 0.3) is 0 Å². The molecule has 3 rings (SSSR count). The highest BCUT2D eigenvalue weighted by Gasteiger charge is 2.38. The van der Waals surface area contributed by atoms with Crippen LogP contribution in [-0.2, 0) is 14.8 Å². The number of halogens is 6. The first kappa shape index (κ1) is 29.7. The highest BCUT2D eigenvalue weighted by atomic mass is 32.2. The van der Waals surface area contributed by atoms with Crippen LogP contribution in [0.1, 0.15) is 0 Å². The van der Waals surface area contributed by atoms with Crippen LogP contribution in [-0.4, -0.2) is 48.2 Å². The molecule has 1 aromatic heterocycles. The number of aromatic nitrogens is 2. The smallest absolute Gasteiger partial charge is 0.475 e. The minimum absolute atomic E-state index is 0.0782. The molecule has 0 aliphatic rings. The Bertz CT molecular complexity index is 1320. The summed E-state index contributed by atoms with van der Waals surface area (Å²) in [4.78, 5) is 17.2. The Hall–Kier alpha value is -3.57. The van der Waals surface area contributed by atoms with Crippen LogP contribution in [0.2, 0.25) is 0 Å². The van der Waals surface area contributed by atoms with Crippen LogP contribution >= 0.6 is 11.8 Å². The number of carboxylic acids is 1. The Kier molecular flexibility index (Phi) is 9.71. The summed E-state index contributed by atoms with van der Waals surface area (Å²) in [6.07, 6.45) is -3.78. The first-order valence-corrected chi connectivity index (χ1v) is 11.9. The summed E-state index contributed by atoms with van der Waals surface area (Å²) in [5.41, 5.74) is -3.29. The van der Waals surface area contributed by atoms with E-state index in [0.717, 1.165) is 0 Å². The summed E-state index contributed by atoms with van der Waals surface area (Å²) < 4.78 is 95.1. The van der Waals surface area contributed by atoms with Crippen LogP contribution in [0.5, 0.6) is 0 Å². The predicted molar refractivity (Wildman–Crippen MR) is 123 cm³/mol. The fourth-order valence-corrected chi connectivity index (χ4v) is 3.70. The average Bonchev–Trinajstić information content (AvgIpc) is 2.80. The molecular formula is C20H17F6N5O4S2. The molecule has 0 atom stereocenters. The molecule has 0 unspecified atom stereocenters. The third-order valence-electron chi connectivity index (χ3n) is 3.96. The summed E-state index contributed by atoms with van der Waals surface area (Å²) in [7, 11) is -2.26. The molecule has 4 N–H and O–H groups in total. The van der Waals surface area contributed by atoms with Gasteiger partial charge in [-0.2, -0.15) is 26.3 Å². The van der Waals surface area contributed by atoms with Gasteiger partial charge >= 0.3 is 17.7 Å². The number of nitrogens with zero attached hydrogens (tertiary/aromatic N) is 2. The Balaban J connectivity index is 0.000000604. The number of nitrogens with one attached hydrogen (secondary N) is 3. The molecule has 0 aliphatic carbocycles. The summed E-state index contributed by atoms with van der Waals surface area (Å²) >= 11 is -0.187. The molecule has 0 saturated carbocycles. The molecule has 37 heavy (non-hydrogen) atoms. The lowest BCUT2D eigenvalue weighted by atomic mass is 10.3. The SMILES string of the molecule is CNS(=O)(=O)c1cccc(Nc2cc(Nc3ccc(SC(F)(F)F)cc3)ncn2)c1.O=C(O)C(F)(F)F. The summed E-state index contributed by atoms with van der Waals surface area (Å²) in [5, 5.41) is 13.1. The molecule has 3 aromatic rings. The fraction of sp³-hybridized carbons (Fsp3) is 0.150. The molecule has 0 aliphatic heterocycles. The van der Waals surface area contributed by atoms with Gasteiger partial charge in [0.1, 0.15) is 18.0 Å². The van der Waals surface area contributed by atoms with Crippen LogP contribution in [0, 0.1) is 0 Å². The lowest BCUT2D eigenvalue weighted by Gasteiger charge is -2.10. The van der Waals surface area contributed by atoms with E-state index in [1.165, 1.54) is 49.8 Å². The fourth-order valence-electron chi connectivity index (χ4n) is 2.39. The maximum Gasteiger partial charge on any atom is 0.490 e. The molecule has 0 bridgehead atoms.